The van der Waals surface area contributed by atoms with Crippen molar-refractivity contribution in [3.63, 3.8) is 0 Å². The van der Waals surface area contributed by atoms with Gasteiger partial charge in [-0.05, 0) is 36.0 Å². The third-order valence-corrected chi connectivity index (χ3v) is 4.32. The summed E-state index contributed by atoms with van der Waals surface area (Å²) in [5, 5.41) is 22.3. The van der Waals surface area contributed by atoms with Crippen LogP contribution in [-0.4, -0.2) is 35.4 Å². The third-order valence-electron chi connectivity index (χ3n) is 4.09. The van der Waals surface area contributed by atoms with Crippen LogP contribution in [0.4, 0.5) is 11.8 Å². The van der Waals surface area contributed by atoms with Crippen LogP contribution in [0.5, 0.6) is 0 Å². The highest BCUT2D eigenvalue weighted by molar-refractivity contribution is 6.30. The van der Waals surface area contributed by atoms with Gasteiger partial charge in [0, 0.05) is 5.02 Å². The second kappa shape index (κ2) is 8.17. The lowest BCUT2D eigenvalue weighted by molar-refractivity contribution is -0.389. The van der Waals surface area contributed by atoms with Crippen molar-refractivity contribution >= 4 is 29.3 Å². The predicted octanol–water partition coefficient (Wildman–Crippen LogP) is 2.98. The molecule has 0 aliphatic carbocycles. The van der Waals surface area contributed by atoms with E-state index in [-0.39, 0.29) is 11.8 Å². The summed E-state index contributed by atoms with van der Waals surface area (Å²) >= 11 is 5.98. The zero-order chi connectivity index (χ0) is 20.3. The molecule has 10 nitrogen and oxygen atoms in total. The van der Waals surface area contributed by atoms with Gasteiger partial charge in [-0.25, -0.2) is 9.67 Å². The van der Waals surface area contributed by atoms with E-state index in [1.54, 1.807) is 24.6 Å². The molecule has 1 aromatic carbocycles. The summed E-state index contributed by atoms with van der Waals surface area (Å²) in [6.45, 7) is 3.90. The van der Waals surface area contributed by atoms with Crippen molar-refractivity contribution in [3.05, 3.63) is 63.1 Å². The van der Waals surface area contributed by atoms with E-state index in [1.165, 1.54) is 17.1 Å². The van der Waals surface area contributed by atoms with E-state index in [2.05, 4.69) is 20.5 Å². The van der Waals surface area contributed by atoms with Gasteiger partial charge < -0.3 is 10.1 Å². The number of amides is 1. The minimum Gasteiger partial charge on any atom is -0.358 e. The first-order valence-electron chi connectivity index (χ1n) is 8.52. The molecule has 0 bridgehead atoms. The quantitative estimate of drug-likeness (QED) is 0.478. The molecule has 1 unspecified atom stereocenters. The van der Waals surface area contributed by atoms with Gasteiger partial charge in [0.15, 0.2) is 6.04 Å². The topological polar surface area (TPSA) is 121 Å². The molecule has 3 rings (SSSR count). The second-order valence-corrected chi connectivity index (χ2v) is 6.59. The van der Waals surface area contributed by atoms with Gasteiger partial charge in [0.05, 0.1) is 23.4 Å². The van der Waals surface area contributed by atoms with E-state index >= 15 is 0 Å². The maximum atomic E-state index is 12.6. The number of aromatic nitrogens is 5. The summed E-state index contributed by atoms with van der Waals surface area (Å²) < 4.78 is 2.92. The Bertz CT molecular complexity index is 1010. The van der Waals surface area contributed by atoms with E-state index < -0.39 is 16.9 Å². The molecule has 0 saturated heterocycles. The zero-order valence-corrected chi connectivity index (χ0v) is 16.0. The lowest BCUT2D eigenvalue weighted by atomic mass is 10.2. The lowest BCUT2D eigenvalue weighted by Crippen LogP contribution is -2.27. The fourth-order valence-corrected chi connectivity index (χ4v) is 3.00. The highest BCUT2D eigenvalue weighted by Gasteiger charge is 2.27. The summed E-state index contributed by atoms with van der Waals surface area (Å²) in [5.74, 6) is -0.554. The number of nitrogens with one attached hydrogen (secondary N) is 1. The number of aryl methyl sites for hydroxylation is 1. The van der Waals surface area contributed by atoms with Gasteiger partial charge in [-0.2, -0.15) is 4.68 Å². The average Bonchev–Trinajstić information content (AvgIpc) is 3.23. The van der Waals surface area contributed by atoms with Crippen molar-refractivity contribution in [2.45, 2.75) is 32.9 Å². The molecule has 1 N–H and O–H groups in total. The second-order valence-electron chi connectivity index (χ2n) is 6.15. The Morgan fingerprint density at radius 3 is 2.79 bits per heavy atom. The molecule has 0 saturated carbocycles. The highest BCUT2D eigenvalue weighted by atomic mass is 35.5. The van der Waals surface area contributed by atoms with Crippen molar-refractivity contribution in [1.82, 2.24) is 24.5 Å². The van der Waals surface area contributed by atoms with Crippen LogP contribution in [-0.2, 0) is 11.3 Å². The maximum Gasteiger partial charge on any atom is 0.390 e. The Kier molecular flexibility index (Phi) is 5.69. The van der Waals surface area contributed by atoms with Crippen LogP contribution in [0.3, 0.4) is 0 Å². The first-order chi connectivity index (χ1) is 13.4. The molecule has 3 aromatic rings. The minimum absolute atomic E-state index is 0.143. The zero-order valence-electron chi connectivity index (χ0n) is 15.2. The van der Waals surface area contributed by atoms with Crippen LogP contribution in [0, 0.1) is 17.0 Å². The van der Waals surface area contributed by atoms with Crippen LogP contribution < -0.4 is 5.32 Å². The normalized spacial score (nSPS) is 12.0. The summed E-state index contributed by atoms with van der Waals surface area (Å²) in [6, 6.07) is 7.97. The standard InChI is InChI=1S/C17H18ClN7O3/c1-3-14(24-11(2)7-15(21-24)25(27)28)16(26)20-17-19-10-23(22-17)9-12-5-4-6-13(18)8-12/h4-8,10,14H,3,9H2,1-2H3,(H,20,22,26). The Hall–Kier alpha value is -3.27. The van der Waals surface area contributed by atoms with Gasteiger partial charge in [-0.3, -0.25) is 10.1 Å². The molecule has 1 atom stereocenters. The van der Waals surface area contributed by atoms with Crippen molar-refractivity contribution in [2.75, 3.05) is 5.32 Å². The first-order valence-corrected chi connectivity index (χ1v) is 8.90. The van der Waals surface area contributed by atoms with E-state index in [1.807, 2.05) is 18.2 Å². The van der Waals surface area contributed by atoms with Gasteiger partial charge in [0.25, 0.3) is 5.91 Å². The monoisotopic (exact) mass is 403 g/mol. The highest BCUT2D eigenvalue weighted by Crippen LogP contribution is 2.20. The number of benzene rings is 1. The van der Waals surface area contributed by atoms with Crippen molar-refractivity contribution in [2.24, 2.45) is 0 Å². The molecule has 0 fully saturated rings. The van der Waals surface area contributed by atoms with Crippen LogP contribution in [0.1, 0.15) is 30.6 Å². The van der Waals surface area contributed by atoms with Gasteiger partial charge in [0.2, 0.25) is 5.95 Å². The molecule has 1 amide bonds. The lowest BCUT2D eigenvalue weighted by Gasteiger charge is -2.12. The number of nitro groups is 1. The maximum absolute atomic E-state index is 12.6. The smallest absolute Gasteiger partial charge is 0.358 e. The van der Waals surface area contributed by atoms with Crippen molar-refractivity contribution in [1.29, 1.82) is 0 Å². The summed E-state index contributed by atoms with van der Waals surface area (Å²) in [6.07, 6.45) is 1.90. The first kappa shape index (κ1) is 19.5. The number of halogens is 1. The summed E-state index contributed by atoms with van der Waals surface area (Å²) in [4.78, 5) is 27.0. The molecule has 0 spiro atoms. The SMILES string of the molecule is CCC(C(=O)Nc1ncn(Cc2cccc(Cl)c2)n1)n1nc([N+](=O)[O-])cc1C. The number of rotatable bonds is 7. The van der Waals surface area contributed by atoms with Crippen molar-refractivity contribution < 1.29 is 9.72 Å². The fraction of sp³-hybridized carbons (Fsp3) is 0.294. The van der Waals surface area contributed by atoms with E-state index in [0.717, 1.165) is 5.56 Å². The Balaban J connectivity index is 1.71. The minimum atomic E-state index is -0.714. The fourth-order valence-electron chi connectivity index (χ4n) is 2.79. The van der Waals surface area contributed by atoms with Crippen LogP contribution >= 0.6 is 11.6 Å². The Labute approximate surface area is 165 Å². The average molecular weight is 404 g/mol. The number of hydrogen-bond donors (Lipinski definition) is 1. The van der Waals surface area contributed by atoms with Crippen LogP contribution in [0.25, 0.3) is 0 Å². The van der Waals surface area contributed by atoms with Gasteiger partial charge in [0.1, 0.15) is 6.33 Å². The molecule has 0 aliphatic heterocycles. The Morgan fingerprint density at radius 1 is 1.36 bits per heavy atom. The van der Waals surface area contributed by atoms with Gasteiger partial charge >= 0.3 is 5.82 Å². The number of nitrogens with zero attached hydrogens (tertiary/aromatic N) is 6. The van der Waals surface area contributed by atoms with Crippen molar-refractivity contribution in [3.8, 4) is 0 Å². The molecule has 2 heterocycles. The van der Waals surface area contributed by atoms with Crippen LogP contribution in [0.2, 0.25) is 5.02 Å². The molecule has 2 aromatic heterocycles. The third kappa shape index (κ3) is 4.34. The molecule has 28 heavy (non-hydrogen) atoms. The number of hydrogen-bond acceptors (Lipinski definition) is 6. The number of carbonyl (C=O) groups is 1. The van der Waals surface area contributed by atoms with Crippen LogP contribution in [0.15, 0.2) is 36.7 Å². The van der Waals surface area contributed by atoms with E-state index in [9.17, 15) is 14.9 Å². The van der Waals surface area contributed by atoms with E-state index in [0.29, 0.717) is 23.7 Å². The summed E-state index contributed by atoms with van der Waals surface area (Å²) in [7, 11) is 0. The number of anilines is 1. The largest absolute Gasteiger partial charge is 0.390 e. The molecule has 0 radical (unpaired) electrons. The van der Waals surface area contributed by atoms with Gasteiger partial charge in [-0.15, -0.1) is 5.10 Å². The van der Waals surface area contributed by atoms with Gasteiger partial charge in [-0.1, -0.05) is 30.7 Å². The summed E-state index contributed by atoms with van der Waals surface area (Å²) in [5.41, 5.74) is 1.47. The molecular formula is C17H18ClN7O3. The predicted molar refractivity (Wildman–Crippen MR) is 102 cm³/mol. The van der Waals surface area contributed by atoms with E-state index in [4.69, 9.17) is 11.6 Å². The Morgan fingerprint density at radius 2 is 2.14 bits per heavy atom. The molecular weight excluding hydrogens is 386 g/mol. The molecule has 0 aliphatic rings. The number of carbonyl (C=O) groups excluding carboxylic acids is 1. The molecule has 146 valence electrons. The molecule has 11 heteroatoms.